The van der Waals surface area contributed by atoms with E-state index in [-0.39, 0.29) is 57.5 Å². The van der Waals surface area contributed by atoms with Gasteiger partial charge in [0.1, 0.15) is 94.5 Å². The minimum absolute atomic E-state index is 0.200. The maximum absolute atomic E-state index is 12.4. The second kappa shape index (κ2) is 18.4. The van der Waals surface area contributed by atoms with E-state index in [9.17, 15) is 75.3 Å². The Hall–Kier alpha value is -7.46. The Kier molecular flexibility index (Phi) is 12.5. The quantitative estimate of drug-likeness (QED) is 0.0757. The Morgan fingerprint density at radius 2 is 1.04 bits per heavy atom. The number of nitrogens with zero attached hydrogens (tertiary/aromatic N) is 9. The minimum atomic E-state index is -1.72. The molecule has 0 radical (unpaired) electrons. The Bertz CT molecular complexity index is 3370. The summed E-state index contributed by atoms with van der Waals surface area (Å²) in [5, 5.41) is 119. The van der Waals surface area contributed by atoms with Crippen LogP contribution in [0.3, 0.4) is 0 Å². The summed E-state index contributed by atoms with van der Waals surface area (Å²) in [5.74, 6) is -0.524. The van der Waals surface area contributed by atoms with Crippen molar-refractivity contribution in [2.45, 2.75) is 99.3 Å². The highest BCUT2D eigenvalue weighted by Crippen LogP contribution is 2.47. The molecule has 0 saturated carbocycles. The lowest BCUT2D eigenvalue weighted by molar-refractivity contribution is -0.115. The van der Waals surface area contributed by atoms with Gasteiger partial charge in [0.2, 0.25) is 17.7 Å². The molecule has 12 heterocycles. The predicted octanol–water partition coefficient (Wildman–Crippen LogP) is -2.66. The van der Waals surface area contributed by atoms with Crippen LogP contribution in [0, 0.1) is 0 Å². The van der Waals surface area contributed by atoms with Crippen molar-refractivity contribution in [3.63, 3.8) is 0 Å². The van der Waals surface area contributed by atoms with Gasteiger partial charge in [-0.05, 0) is 20.8 Å². The van der Waals surface area contributed by atoms with Crippen LogP contribution < -0.4 is 26.8 Å². The topological polar surface area (TPSA) is 446 Å². The van der Waals surface area contributed by atoms with Crippen LogP contribution in [0.2, 0.25) is 0 Å². The van der Waals surface area contributed by atoms with Crippen molar-refractivity contribution in [2.75, 3.05) is 35.8 Å². The number of Topliss-reactive ketones (excluding diaryl/α,β-unsaturated/α-hetero) is 1. The first-order valence-corrected chi connectivity index (χ1v) is 22.9. The summed E-state index contributed by atoms with van der Waals surface area (Å²) >= 11 is 0. The highest BCUT2D eigenvalue weighted by atomic mass is 16.6. The van der Waals surface area contributed by atoms with E-state index in [0.29, 0.717) is 16.2 Å². The molecule has 6 aromatic rings. The van der Waals surface area contributed by atoms with Gasteiger partial charge < -0.3 is 100 Å². The van der Waals surface area contributed by atoms with Crippen LogP contribution in [-0.4, -0.2) is 187 Å². The van der Waals surface area contributed by atoms with Crippen LogP contribution in [0.5, 0.6) is 11.8 Å². The monoisotopic (exact) mass is 1040 g/mol. The van der Waals surface area contributed by atoms with Crippen molar-refractivity contribution in [2.24, 2.45) is 9.98 Å². The average molecular weight is 1040 g/mol. The lowest BCUT2D eigenvalue weighted by Crippen LogP contribution is -2.44. The molecule has 6 aliphatic heterocycles. The number of anilines is 3. The first-order valence-electron chi connectivity index (χ1n) is 22.9. The molecule has 75 heavy (non-hydrogen) atoms. The van der Waals surface area contributed by atoms with Crippen LogP contribution in [0.4, 0.5) is 29.1 Å². The summed E-state index contributed by atoms with van der Waals surface area (Å²) in [6.07, 6.45) is -2.34. The number of rotatable bonds is 6. The second-order valence-corrected chi connectivity index (χ2v) is 18.9. The van der Waals surface area contributed by atoms with E-state index >= 15 is 0 Å². The predicted molar refractivity (Wildman–Crippen MR) is 257 cm³/mol. The van der Waals surface area contributed by atoms with Gasteiger partial charge in [-0.2, -0.15) is 9.97 Å². The van der Waals surface area contributed by atoms with Crippen LogP contribution in [0.1, 0.15) is 56.2 Å². The molecule has 12 rings (SSSR count). The van der Waals surface area contributed by atoms with Crippen LogP contribution in [0.15, 0.2) is 56.6 Å². The van der Waals surface area contributed by atoms with Crippen molar-refractivity contribution in [1.29, 1.82) is 0 Å². The van der Waals surface area contributed by atoms with Gasteiger partial charge in [-0.1, -0.05) is 0 Å². The van der Waals surface area contributed by atoms with E-state index in [4.69, 9.17) is 14.2 Å². The molecule has 12 atom stereocenters. The smallest absolute Gasteiger partial charge is 0.233 e. The number of ether oxygens (including phenoxy) is 3. The molecular formula is C45H48N12O18. The molecule has 0 spiro atoms. The number of nitrogens with one attached hydrogen (secondary N) is 3. The summed E-state index contributed by atoms with van der Waals surface area (Å²) in [6, 6.07) is 1.96. The third-order valence-corrected chi connectivity index (χ3v) is 13.8. The standard InChI is InChI=1S/3C15H16N4O6/c3*1-15(24)11(23)8(4-20)25-14(15)19-3-6-7(21)2-9(22)18-12-10(6)13(19)17-5-16-12/h3,5,8,11,14,20,23-24H,2,4H2,1H3,(H,16,17,18,22);2*2-3,5,8,11,14,20,22-24H,4H2,1H3,(H,16,17,18)/t3*8-,11-,14-,15+/m111/s1. The summed E-state index contributed by atoms with van der Waals surface area (Å²) in [7, 11) is 0. The Morgan fingerprint density at radius 3 is 1.45 bits per heavy atom. The van der Waals surface area contributed by atoms with E-state index in [1.54, 1.807) is 0 Å². The fourth-order valence-electron chi connectivity index (χ4n) is 9.96. The lowest BCUT2D eigenvalue weighted by atomic mass is 9.96. The van der Waals surface area contributed by atoms with Gasteiger partial charge >= 0.3 is 0 Å². The summed E-state index contributed by atoms with van der Waals surface area (Å²) in [6.45, 7) is 2.71. The molecule has 0 aliphatic carbocycles. The van der Waals surface area contributed by atoms with Crippen molar-refractivity contribution < 1.29 is 80.0 Å². The number of aliphatic hydroxyl groups is 9. The molecule has 6 aromatic heterocycles. The zero-order chi connectivity index (χ0) is 53.8. The third kappa shape index (κ3) is 8.14. The molecule has 0 unspecified atom stereocenters. The molecule has 30 heteroatoms. The van der Waals surface area contributed by atoms with Gasteiger partial charge in [0.15, 0.2) is 35.3 Å². The van der Waals surface area contributed by atoms with Crippen molar-refractivity contribution in [3.8, 4) is 11.8 Å². The SMILES string of the molecule is C[C@]1(O)[C@H](O)[C@@H](CO)O[C@H]1n1cc2c(=O)cc(O)nc3c2c1N=CN3.C[C@]1(O)[C@H](O)[C@@H](CO)O[C@H]1n1cc2c(=O)cc(O)nc3c2c1N=CN3.C[C@]1(O)[C@H](O)[C@@H](CO)O[C@H]1n1cc2c3c(ncnc31)NC(=O)CC2=O. The van der Waals surface area contributed by atoms with Gasteiger partial charge in [0, 0.05) is 36.3 Å². The van der Waals surface area contributed by atoms with Gasteiger partial charge in [-0.3, -0.25) is 19.2 Å². The fourth-order valence-corrected chi connectivity index (χ4v) is 9.96. The molecule has 396 valence electrons. The first-order chi connectivity index (χ1) is 35.5. The average Bonchev–Trinajstić information content (AvgIpc) is 4.14. The lowest BCUT2D eigenvalue weighted by Gasteiger charge is -2.28. The zero-order valence-electron chi connectivity index (χ0n) is 39.4. The summed E-state index contributed by atoms with van der Waals surface area (Å²) in [5.41, 5.74) is -5.64. The number of carbonyl (C=O) groups is 2. The van der Waals surface area contributed by atoms with Gasteiger partial charge in [0.05, 0.1) is 65.8 Å². The number of amides is 1. The van der Waals surface area contributed by atoms with Gasteiger partial charge in [-0.25, -0.2) is 20.0 Å². The van der Waals surface area contributed by atoms with Gasteiger partial charge in [0.25, 0.3) is 0 Å². The van der Waals surface area contributed by atoms with E-state index in [0.717, 1.165) is 12.1 Å². The van der Waals surface area contributed by atoms with Gasteiger partial charge in [-0.15, -0.1) is 0 Å². The molecule has 1 amide bonds. The van der Waals surface area contributed by atoms with Crippen LogP contribution in [-0.2, 0) is 19.0 Å². The molecule has 30 nitrogen and oxygen atoms in total. The Morgan fingerprint density at radius 1 is 0.613 bits per heavy atom. The highest BCUT2D eigenvalue weighted by molar-refractivity contribution is 6.22. The number of hydrogen-bond donors (Lipinski definition) is 14. The van der Waals surface area contributed by atoms with E-state index in [1.807, 2.05) is 0 Å². The molecule has 3 saturated heterocycles. The van der Waals surface area contributed by atoms with Crippen LogP contribution in [0.25, 0.3) is 32.6 Å². The Balaban J connectivity index is 0.000000128. The molecule has 0 aromatic carbocycles. The fraction of sp³-hybridized carbons (Fsp3) is 0.422. The minimum Gasteiger partial charge on any atom is -0.493 e. The molecule has 3 fully saturated rings. The number of ketones is 1. The van der Waals surface area contributed by atoms with Crippen molar-refractivity contribution in [3.05, 3.63) is 63.1 Å². The van der Waals surface area contributed by atoms with E-state index < -0.39 is 126 Å². The normalized spacial score (nSPS) is 31.1. The molecule has 14 N–H and O–H groups in total. The van der Waals surface area contributed by atoms with E-state index in [1.165, 1.54) is 72.1 Å². The summed E-state index contributed by atoms with van der Waals surface area (Å²) < 4.78 is 21.0. The summed E-state index contributed by atoms with van der Waals surface area (Å²) in [4.78, 5) is 73.1. The second-order valence-electron chi connectivity index (χ2n) is 18.9. The molecule has 6 aliphatic rings. The number of aliphatic hydroxyl groups excluding tert-OH is 6. The Labute approximate surface area is 418 Å². The third-order valence-electron chi connectivity index (χ3n) is 13.8. The zero-order valence-corrected chi connectivity index (χ0v) is 39.4. The molecule has 0 bridgehead atoms. The maximum Gasteiger partial charge on any atom is 0.233 e. The number of carbonyl (C=O) groups excluding carboxylic acids is 2. The largest absolute Gasteiger partial charge is 0.493 e. The van der Waals surface area contributed by atoms with Crippen molar-refractivity contribution >= 4 is 86.0 Å². The number of aliphatic imine (C=N–C) groups is 2. The van der Waals surface area contributed by atoms with Crippen molar-refractivity contribution in [1.82, 2.24) is 33.6 Å². The van der Waals surface area contributed by atoms with Crippen LogP contribution >= 0.6 is 0 Å². The highest BCUT2D eigenvalue weighted by Gasteiger charge is 2.56. The number of aromatic nitrogens is 7. The number of hydrogen-bond acceptors (Lipinski definition) is 26. The number of aromatic hydroxyl groups is 2. The molecular weight excluding hydrogens is 997 g/mol. The maximum atomic E-state index is 12.4. The van der Waals surface area contributed by atoms with E-state index in [2.05, 4.69) is 45.9 Å². The first kappa shape index (κ1) is 51.0.